The van der Waals surface area contributed by atoms with E-state index in [9.17, 15) is 4.79 Å². The molecule has 0 atom stereocenters. The molecule has 0 unspecified atom stereocenters. The van der Waals surface area contributed by atoms with Crippen LogP contribution < -0.4 is 11.1 Å². The number of hydrogen-bond donors (Lipinski definition) is 2. The van der Waals surface area contributed by atoms with E-state index in [4.69, 9.17) is 5.73 Å². The fourth-order valence-corrected chi connectivity index (χ4v) is 1.81. The maximum absolute atomic E-state index is 12.1. The summed E-state index contributed by atoms with van der Waals surface area (Å²) < 4.78 is 0. The minimum atomic E-state index is -0.302. The third-order valence-corrected chi connectivity index (χ3v) is 2.67. The number of benzene rings is 1. The number of nitrogens with zero attached hydrogens (tertiary/aromatic N) is 2. The zero-order valence-corrected chi connectivity index (χ0v) is 10.8. The summed E-state index contributed by atoms with van der Waals surface area (Å²) in [5.74, 6) is -0.0714. The Labute approximate surface area is 111 Å². The van der Waals surface area contributed by atoms with Crippen LogP contribution in [0.4, 0.5) is 11.5 Å². The number of carbonyl (C=O) groups is 1. The Morgan fingerprint density at radius 2 is 2.11 bits per heavy atom. The molecule has 0 saturated heterocycles. The molecule has 1 heterocycles. The number of rotatable bonds is 4. The van der Waals surface area contributed by atoms with Gasteiger partial charge >= 0.3 is 0 Å². The van der Waals surface area contributed by atoms with E-state index in [1.807, 2.05) is 24.3 Å². The molecule has 0 radical (unpaired) electrons. The van der Waals surface area contributed by atoms with E-state index in [1.165, 1.54) is 12.4 Å². The van der Waals surface area contributed by atoms with Crippen LogP contribution in [0.5, 0.6) is 0 Å². The van der Waals surface area contributed by atoms with Gasteiger partial charge in [0.25, 0.3) is 5.91 Å². The molecule has 19 heavy (non-hydrogen) atoms. The lowest BCUT2D eigenvalue weighted by atomic mass is 10.1. The van der Waals surface area contributed by atoms with Crippen LogP contribution in [0.2, 0.25) is 0 Å². The lowest BCUT2D eigenvalue weighted by molar-refractivity contribution is 0.102. The fourth-order valence-electron chi connectivity index (χ4n) is 1.81. The van der Waals surface area contributed by atoms with E-state index in [1.54, 1.807) is 0 Å². The van der Waals surface area contributed by atoms with Crippen LogP contribution in [0.25, 0.3) is 0 Å². The first-order chi connectivity index (χ1) is 9.20. The van der Waals surface area contributed by atoms with Crippen molar-refractivity contribution >= 4 is 17.4 Å². The van der Waals surface area contributed by atoms with Crippen LogP contribution >= 0.6 is 0 Å². The summed E-state index contributed by atoms with van der Waals surface area (Å²) in [6, 6.07) is 7.73. The highest BCUT2D eigenvalue weighted by Gasteiger charge is 2.10. The van der Waals surface area contributed by atoms with Gasteiger partial charge in [-0.15, -0.1) is 0 Å². The molecule has 5 nitrogen and oxygen atoms in total. The Hall–Kier alpha value is -2.43. The van der Waals surface area contributed by atoms with Crippen molar-refractivity contribution in [3.8, 4) is 0 Å². The third-order valence-electron chi connectivity index (χ3n) is 2.67. The molecule has 0 spiro atoms. The molecule has 2 rings (SSSR count). The van der Waals surface area contributed by atoms with E-state index >= 15 is 0 Å². The summed E-state index contributed by atoms with van der Waals surface area (Å²) in [7, 11) is 0. The number of aryl methyl sites for hydroxylation is 1. The zero-order chi connectivity index (χ0) is 13.7. The van der Waals surface area contributed by atoms with E-state index in [-0.39, 0.29) is 17.4 Å². The van der Waals surface area contributed by atoms with Gasteiger partial charge in [0.15, 0.2) is 0 Å². The Morgan fingerprint density at radius 1 is 1.32 bits per heavy atom. The van der Waals surface area contributed by atoms with Crippen molar-refractivity contribution in [2.24, 2.45) is 0 Å². The third kappa shape index (κ3) is 3.28. The van der Waals surface area contributed by atoms with Gasteiger partial charge in [-0.3, -0.25) is 9.78 Å². The minimum absolute atomic E-state index is 0.214. The standard InChI is InChI=1S/C14H16N4O/c1-2-5-10-6-3-4-7-11(10)18-14(19)12-8-16-9-13(15)17-12/h3-4,6-9H,2,5H2,1H3,(H2,15,17)(H,18,19). The lowest BCUT2D eigenvalue weighted by Gasteiger charge is -2.10. The summed E-state index contributed by atoms with van der Waals surface area (Å²) in [5.41, 5.74) is 7.64. The number of hydrogen-bond acceptors (Lipinski definition) is 4. The first kappa shape index (κ1) is 13.0. The van der Waals surface area contributed by atoms with Gasteiger partial charge in [-0.25, -0.2) is 4.98 Å². The second-order valence-electron chi connectivity index (χ2n) is 4.19. The molecule has 1 aromatic carbocycles. The molecule has 0 aliphatic rings. The summed E-state index contributed by atoms with van der Waals surface area (Å²) >= 11 is 0. The van der Waals surface area contributed by atoms with Crippen molar-refractivity contribution in [2.45, 2.75) is 19.8 Å². The van der Waals surface area contributed by atoms with Gasteiger partial charge < -0.3 is 11.1 Å². The van der Waals surface area contributed by atoms with E-state index in [2.05, 4.69) is 22.2 Å². The normalized spacial score (nSPS) is 10.2. The van der Waals surface area contributed by atoms with Crippen LogP contribution in [-0.2, 0) is 6.42 Å². The Balaban J connectivity index is 2.19. The number of nitrogen functional groups attached to an aromatic ring is 1. The van der Waals surface area contributed by atoms with Gasteiger partial charge in [-0.1, -0.05) is 31.5 Å². The van der Waals surface area contributed by atoms with E-state index in [0.717, 1.165) is 24.1 Å². The van der Waals surface area contributed by atoms with Gasteiger partial charge in [-0.05, 0) is 18.1 Å². The van der Waals surface area contributed by atoms with Crippen LogP contribution in [0.3, 0.4) is 0 Å². The maximum Gasteiger partial charge on any atom is 0.275 e. The predicted molar refractivity (Wildman–Crippen MR) is 74.8 cm³/mol. The Morgan fingerprint density at radius 3 is 2.84 bits per heavy atom. The molecule has 3 N–H and O–H groups in total. The predicted octanol–water partition coefficient (Wildman–Crippen LogP) is 2.26. The second-order valence-corrected chi connectivity index (χ2v) is 4.19. The molecule has 1 aromatic heterocycles. The highest BCUT2D eigenvalue weighted by atomic mass is 16.1. The molecule has 5 heteroatoms. The zero-order valence-electron chi connectivity index (χ0n) is 10.8. The number of para-hydroxylation sites is 1. The molecule has 0 aliphatic heterocycles. The van der Waals surface area contributed by atoms with Crippen molar-refractivity contribution in [3.63, 3.8) is 0 Å². The average molecular weight is 256 g/mol. The summed E-state index contributed by atoms with van der Waals surface area (Å²) in [6.45, 7) is 2.10. The maximum atomic E-state index is 12.1. The first-order valence-electron chi connectivity index (χ1n) is 6.17. The van der Waals surface area contributed by atoms with E-state index in [0.29, 0.717) is 0 Å². The largest absolute Gasteiger partial charge is 0.382 e. The molecular formula is C14H16N4O. The fraction of sp³-hybridized carbons (Fsp3) is 0.214. The molecule has 1 amide bonds. The number of anilines is 2. The van der Waals surface area contributed by atoms with Gasteiger partial charge in [0.1, 0.15) is 11.5 Å². The Bertz CT molecular complexity index is 583. The smallest absolute Gasteiger partial charge is 0.275 e. The molecule has 0 aliphatic carbocycles. The number of aromatic nitrogens is 2. The molecule has 2 aromatic rings. The number of carbonyl (C=O) groups excluding carboxylic acids is 1. The van der Waals surface area contributed by atoms with Crippen LogP contribution in [0.15, 0.2) is 36.7 Å². The molecule has 98 valence electrons. The average Bonchev–Trinajstić information content (AvgIpc) is 2.41. The molecular weight excluding hydrogens is 240 g/mol. The monoisotopic (exact) mass is 256 g/mol. The highest BCUT2D eigenvalue weighted by Crippen LogP contribution is 2.17. The SMILES string of the molecule is CCCc1ccccc1NC(=O)c1cncc(N)n1. The summed E-state index contributed by atoms with van der Waals surface area (Å²) in [6.07, 6.45) is 4.74. The van der Waals surface area contributed by atoms with Crippen molar-refractivity contribution in [3.05, 3.63) is 47.9 Å². The number of nitrogens with one attached hydrogen (secondary N) is 1. The first-order valence-corrected chi connectivity index (χ1v) is 6.17. The van der Waals surface area contributed by atoms with Crippen molar-refractivity contribution in [1.29, 1.82) is 0 Å². The highest BCUT2D eigenvalue weighted by molar-refractivity contribution is 6.03. The topological polar surface area (TPSA) is 80.9 Å². The summed E-state index contributed by atoms with van der Waals surface area (Å²) in [4.78, 5) is 19.9. The quantitative estimate of drug-likeness (QED) is 0.879. The van der Waals surface area contributed by atoms with Gasteiger partial charge in [-0.2, -0.15) is 0 Å². The van der Waals surface area contributed by atoms with Crippen molar-refractivity contribution in [2.75, 3.05) is 11.1 Å². The van der Waals surface area contributed by atoms with Gasteiger partial charge in [0.2, 0.25) is 0 Å². The summed E-state index contributed by atoms with van der Waals surface area (Å²) in [5, 5.41) is 2.84. The lowest BCUT2D eigenvalue weighted by Crippen LogP contribution is -2.15. The molecule has 0 saturated carbocycles. The molecule has 0 fully saturated rings. The van der Waals surface area contributed by atoms with Crippen molar-refractivity contribution in [1.82, 2.24) is 9.97 Å². The van der Waals surface area contributed by atoms with Crippen LogP contribution in [-0.4, -0.2) is 15.9 Å². The number of amides is 1. The second kappa shape index (κ2) is 5.95. The van der Waals surface area contributed by atoms with Gasteiger partial charge in [0.05, 0.1) is 12.4 Å². The van der Waals surface area contributed by atoms with Crippen LogP contribution in [0, 0.1) is 0 Å². The van der Waals surface area contributed by atoms with Crippen molar-refractivity contribution < 1.29 is 4.79 Å². The Kier molecular flexibility index (Phi) is 4.07. The van der Waals surface area contributed by atoms with Crippen LogP contribution in [0.1, 0.15) is 29.4 Å². The minimum Gasteiger partial charge on any atom is -0.382 e. The number of nitrogens with two attached hydrogens (primary N) is 1. The molecule has 0 bridgehead atoms. The van der Waals surface area contributed by atoms with Gasteiger partial charge in [0, 0.05) is 5.69 Å². The van der Waals surface area contributed by atoms with E-state index < -0.39 is 0 Å².